The summed E-state index contributed by atoms with van der Waals surface area (Å²) in [5.41, 5.74) is 7.41. The number of nitrogens with two attached hydrogens (primary N) is 1. The van der Waals surface area contributed by atoms with Gasteiger partial charge in [0.15, 0.2) is 9.84 Å². The number of piperidine rings is 1. The molecule has 0 bridgehead atoms. The maximum atomic E-state index is 12.1. The van der Waals surface area contributed by atoms with E-state index in [4.69, 9.17) is 5.73 Å². The fourth-order valence-electron chi connectivity index (χ4n) is 2.55. The highest BCUT2D eigenvalue weighted by Gasteiger charge is 2.16. The Hall–Kier alpha value is -0.910. The van der Waals surface area contributed by atoms with E-state index in [2.05, 4.69) is 4.90 Å². The first-order chi connectivity index (χ1) is 9.59. The van der Waals surface area contributed by atoms with Gasteiger partial charge < -0.3 is 10.6 Å². The zero-order chi connectivity index (χ0) is 14.4. The van der Waals surface area contributed by atoms with Gasteiger partial charge in [0.05, 0.1) is 11.5 Å². The molecule has 0 radical (unpaired) electrons. The fraction of sp³-hybridized carbons (Fsp3) is 0.600. The van der Waals surface area contributed by atoms with Crippen molar-refractivity contribution in [3.8, 4) is 0 Å². The first-order valence-electron chi connectivity index (χ1n) is 7.30. The molecule has 0 saturated carbocycles. The number of sulfone groups is 1. The number of likely N-dealkylation sites (tertiary alicyclic amines) is 1. The second-order valence-electron chi connectivity index (χ2n) is 5.51. The molecule has 4 nitrogen and oxygen atoms in total. The summed E-state index contributed by atoms with van der Waals surface area (Å²) in [6.07, 6.45) is 3.66. The lowest BCUT2D eigenvalue weighted by Crippen LogP contribution is -2.34. The van der Waals surface area contributed by atoms with Crippen molar-refractivity contribution in [2.75, 3.05) is 25.4 Å². The molecular formula is C15H24N2O2S. The van der Waals surface area contributed by atoms with Crippen molar-refractivity contribution in [2.24, 2.45) is 5.73 Å². The van der Waals surface area contributed by atoms with Gasteiger partial charge in [0.25, 0.3) is 0 Å². The highest BCUT2D eigenvalue weighted by molar-refractivity contribution is 7.90. The molecule has 112 valence electrons. The standard InChI is InChI=1S/C15H24N2O2S/c16-12-14-4-6-15(7-5-14)13-20(18,19)11-10-17-8-2-1-3-9-17/h4-7H,1-3,8-13,16H2. The fourth-order valence-corrected chi connectivity index (χ4v) is 3.93. The molecule has 1 aromatic carbocycles. The number of hydrogen-bond acceptors (Lipinski definition) is 4. The second kappa shape index (κ2) is 7.20. The van der Waals surface area contributed by atoms with Crippen LogP contribution in [0.25, 0.3) is 0 Å². The summed E-state index contributed by atoms with van der Waals surface area (Å²) in [6, 6.07) is 7.52. The van der Waals surface area contributed by atoms with Gasteiger partial charge in [-0.2, -0.15) is 0 Å². The average molecular weight is 296 g/mol. The predicted octanol–water partition coefficient (Wildman–Crippen LogP) is 1.55. The van der Waals surface area contributed by atoms with Crippen molar-refractivity contribution in [3.05, 3.63) is 35.4 Å². The van der Waals surface area contributed by atoms with Crippen LogP contribution in [-0.2, 0) is 22.1 Å². The number of hydrogen-bond donors (Lipinski definition) is 1. The zero-order valence-corrected chi connectivity index (χ0v) is 12.7. The van der Waals surface area contributed by atoms with Gasteiger partial charge in [-0.25, -0.2) is 8.42 Å². The van der Waals surface area contributed by atoms with E-state index < -0.39 is 9.84 Å². The lowest BCUT2D eigenvalue weighted by molar-refractivity contribution is 0.241. The number of nitrogens with zero attached hydrogens (tertiary/aromatic N) is 1. The maximum Gasteiger partial charge on any atom is 0.155 e. The lowest BCUT2D eigenvalue weighted by atomic mass is 10.1. The van der Waals surface area contributed by atoms with Crippen molar-refractivity contribution < 1.29 is 8.42 Å². The van der Waals surface area contributed by atoms with Crippen molar-refractivity contribution in [3.63, 3.8) is 0 Å². The molecule has 0 aromatic heterocycles. The molecule has 1 fully saturated rings. The number of benzene rings is 1. The highest BCUT2D eigenvalue weighted by atomic mass is 32.2. The summed E-state index contributed by atoms with van der Waals surface area (Å²) in [6.45, 7) is 3.24. The Labute approximate surface area is 121 Å². The summed E-state index contributed by atoms with van der Waals surface area (Å²) in [4.78, 5) is 2.26. The monoisotopic (exact) mass is 296 g/mol. The molecular weight excluding hydrogens is 272 g/mol. The van der Waals surface area contributed by atoms with Gasteiger partial charge in [0.1, 0.15) is 0 Å². The minimum atomic E-state index is -3.03. The second-order valence-corrected chi connectivity index (χ2v) is 7.70. The molecule has 1 aliphatic heterocycles. The van der Waals surface area contributed by atoms with E-state index in [-0.39, 0.29) is 11.5 Å². The van der Waals surface area contributed by atoms with E-state index in [1.54, 1.807) is 0 Å². The molecule has 0 atom stereocenters. The van der Waals surface area contributed by atoms with E-state index in [1.807, 2.05) is 24.3 Å². The molecule has 0 spiro atoms. The van der Waals surface area contributed by atoms with Crippen molar-refractivity contribution in [1.29, 1.82) is 0 Å². The van der Waals surface area contributed by atoms with Crippen LogP contribution >= 0.6 is 0 Å². The van der Waals surface area contributed by atoms with E-state index in [0.29, 0.717) is 13.1 Å². The molecule has 1 aliphatic rings. The van der Waals surface area contributed by atoms with Crippen LogP contribution in [0.5, 0.6) is 0 Å². The molecule has 1 aromatic rings. The molecule has 2 rings (SSSR count). The Morgan fingerprint density at radius 1 is 1.00 bits per heavy atom. The van der Waals surface area contributed by atoms with Gasteiger partial charge in [0.2, 0.25) is 0 Å². The normalized spacial score (nSPS) is 17.2. The Morgan fingerprint density at radius 3 is 2.20 bits per heavy atom. The van der Waals surface area contributed by atoms with Gasteiger partial charge in [-0.05, 0) is 37.1 Å². The molecule has 20 heavy (non-hydrogen) atoms. The molecule has 0 aliphatic carbocycles. The van der Waals surface area contributed by atoms with Crippen molar-refractivity contribution >= 4 is 9.84 Å². The van der Waals surface area contributed by atoms with Crippen LogP contribution in [0.1, 0.15) is 30.4 Å². The summed E-state index contributed by atoms with van der Waals surface area (Å²) >= 11 is 0. The minimum absolute atomic E-state index is 0.131. The molecule has 2 N–H and O–H groups in total. The van der Waals surface area contributed by atoms with Crippen LogP contribution in [0.4, 0.5) is 0 Å². The molecule has 5 heteroatoms. The topological polar surface area (TPSA) is 63.4 Å². The molecule has 1 saturated heterocycles. The highest BCUT2D eigenvalue weighted by Crippen LogP contribution is 2.11. The number of rotatable bonds is 6. The van der Waals surface area contributed by atoms with Crippen molar-refractivity contribution in [2.45, 2.75) is 31.6 Å². The molecule has 0 amide bonds. The van der Waals surface area contributed by atoms with Crippen LogP contribution in [0, 0.1) is 0 Å². The third kappa shape index (κ3) is 4.89. The third-order valence-corrected chi connectivity index (χ3v) is 5.39. The smallest absolute Gasteiger partial charge is 0.155 e. The van der Waals surface area contributed by atoms with Gasteiger partial charge in [-0.1, -0.05) is 30.7 Å². The lowest BCUT2D eigenvalue weighted by Gasteiger charge is -2.26. The summed E-state index contributed by atoms with van der Waals surface area (Å²) in [7, 11) is -3.03. The SMILES string of the molecule is NCc1ccc(CS(=O)(=O)CCN2CCCCC2)cc1. The Kier molecular flexibility index (Phi) is 5.57. The quantitative estimate of drug-likeness (QED) is 0.865. The van der Waals surface area contributed by atoms with Crippen molar-refractivity contribution in [1.82, 2.24) is 4.90 Å². The van der Waals surface area contributed by atoms with Crippen LogP contribution in [0.2, 0.25) is 0 Å². The van der Waals surface area contributed by atoms with Crippen LogP contribution < -0.4 is 5.73 Å². The minimum Gasteiger partial charge on any atom is -0.326 e. The van der Waals surface area contributed by atoms with E-state index in [0.717, 1.165) is 24.2 Å². The van der Waals surface area contributed by atoms with Gasteiger partial charge in [-0.3, -0.25) is 0 Å². The zero-order valence-electron chi connectivity index (χ0n) is 11.9. The first-order valence-corrected chi connectivity index (χ1v) is 9.12. The van der Waals surface area contributed by atoms with Gasteiger partial charge in [0, 0.05) is 13.1 Å². The summed E-state index contributed by atoms with van der Waals surface area (Å²) < 4.78 is 24.3. The van der Waals surface area contributed by atoms with Gasteiger partial charge in [-0.15, -0.1) is 0 Å². The Bertz CT molecular complexity index is 505. The van der Waals surface area contributed by atoms with Crippen LogP contribution in [-0.4, -0.2) is 38.7 Å². The van der Waals surface area contributed by atoms with E-state index >= 15 is 0 Å². The van der Waals surface area contributed by atoms with E-state index in [1.165, 1.54) is 19.3 Å². The predicted molar refractivity (Wildman–Crippen MR) is 82.1 cm³/mol. The maximum absolute atomic E-state index is 12.1. The molecule has 1 heterocycles. The average Bonchev–Trinajstić information content (AvgIpc) is 2.47. The summed E-state index contributed by atoms with van der Waals surface area (Å²) in [5.74, 6) is 0.386. The van der Waals surface area contributed by atoms with E-state index in [9.17, 15) is 8.42 Å². The molecule has 0 unspecified atom stereocenters. The van der Waals surface area contributed by atoms with Gasteiger partial charge >= 0.3 is 0 Å². The van der Waals surface area contributed by atoms with Crippen LogP contribution in [0.15, 0.2) is 24.3 Å². The first kappa shape index (κ1) is 15.5. The largest absolute Gasteiger partial charge is 0.326 e. The third-order valence-electron chi connectivity index (χ3n) is 3.81. The summed E-state index contributed by atoms with van der Waals surface area (Å²) in [5, 5.41) is 0. The Morgan fingerprint density at radius 2 is 1.60 bits per heavy atom. The Balaban J connectivity index is 1.85. The van der Waals surface area contributed by atoms with Crippen LogP contribution in [0.3, 0.4) is 0 Å².